The molecule has 1 aliphatic heterocycles. The highest BCUT2D eigenvalue weighted by atomic mass is 16.5. The number of carbonyl (C=O) groups is 2. The third kappa shape index (κ3) is 3.43. The van der Waals surface area contributed by atoms with Crippen molar-refractivity contribution >= 4 is 17.8 Å². The second-order valence-corrected chi connectivity index (χ2v) is 4.79. The molecule has 0 saturated carbocycles. The summed E-state index contributed by atoms with van der Waals surface area (Å²) in [6.07, 6.45) is 4.75. The highest BCUT2D eigenvalue weighted by Crippen LogP contribution is 2.24. The van der Waals surface area contributed by atoms with Gasteiger partial charge in [0.15, 0.2) is 5.69 Å². The van der Waals surface area contributed by atoms with Gasteiger partial charge in [0.25, 0.3) is 0 Å². The van der Waals surface area contributed by atoms with Gasteiger partial charge in [-0.05, 0) is 18.8 Å². The molecule has 0 radical (unpaired) electrons. The number of hydrogen-bond donors (Lipinski definition) is 1. The number of carboxylic acid groups (broad SMARTS) is 1. The van der Waals surface area contributed by atoms with Crippen molar-refractivity contribution in [2.45, 2.75) is 19.3 Å². The molecule has 1 saturated heterocycles. The Morgan fingerprint density at radius 1 is 1.50 bits per heavy atom. The number of ether oxygens (including phenoxy) is 1. The minimum absolute atomic E-state index is 0.180. The first-order valence-electron chi connectivity index (χ1n) is 6.47. The van der Waals surface area contributed by atoms with Gasteiger partial charge in [-0.1, -0.05) is 0 Å². The quantitative estimate of drug-likeness (QED) is 0.802. The molecule has 108 valence electrons. The first kappa shape index (κ1) is 14.2. The molecule has 20 heavy (non-hydrogen) atoms. The number of carboxylic acids is 1. The Hall–Kier alpha value is -2.18. The third-order valence-electron chi connectivity index (χ3n) is 3.39. The lowest BCUT2D eigenvalue weighted by atomic mass is 10.0. The second-order valence-electron chi connectivity index (χ2n) is 4.79. The first-order valence-corrected chi connectivity index (χ1v) is 6.47. The van der Waals surface area contributed by atoms with Crippen LogP contribution in [0.1, 0.15) is 29.8 Å². The van der Waals surface area contributed by atoms with Gasteiger partial charge in [-0.15, -0.1) is 0 Å². The SMILES string of the molecule is COC(=O)c1cncc(N2CCC(CCC(=O)O)C2)n1. The van der Waals surface area contributed by atoms with Crippen LogP contribution >= 0.6 is 0 Å². The van der Waals surface area contributed by atoms with E-state index >= 15 is 0 Å². The molecule has 1 aromatic heterocycles. The molecule has 1 unspecified atom stereocenters. The highest BCUT2D eigenvalue weighted by Gasteiger charge is 2.24. The molecular formula is C13H17N3O4. The number of aromatic nitrogens is 2. The summed E-state index contributed by atoms with van der Waals surface area (Å²) in [6, 6.07) is 0. The van der Waals surface area contributed by atoms with Crippen molar-refractivity contribution in [1.82, 2.24) is 9.97 Å². The van der Waals surface area contributed by atoms with Crippen LogP contribution in [0.2, 0.25) is 0 Å². The Labute approximate surface area is 116 Å². The molecule has 0 spiro atoms. The van der Waals surface area contributed by atoms with Crippen molar-refractivity contribution in [2.24, 2.45) is 5.92 Å². The molecule has 7 nitrogen and oxygen atoms in total. The molecule has 1 fully saturated rings. The summed E-state index contributed by atoms with van der Waals surface area (Å²) in [5.74, 6) is -0.308. The monoisotopic (exact) mass is 279 g/mol. The van der Waals surface area contributed by atoms with Crippen molar-refractivity contribution in [1.29, 1.82) is 0 Å². The summed E-state index contributed by atoms with van der Waals surface area (Å²) in [5, 5.41) is 8.69. The highest BCUT2D eigenvalue weighted by molar-refractivity contribution is 5.87. The van der Waals surface area contributed by atoms with Gasteiger partial charge in [0.1, 0.15) is 5.82 Å². The number of methoxy groups -OCH3 is 1. The van der Waals surface area contributed by atoms with E-state index in [0.29, 0.717) is 18.2 Å². The zero-order valence-electron chi connectivity index (χ0n) is 11.3. The maximum Gasteiger partial charge on any atom is 0.358 e. The molecule has 2 rings (SSSR count). The van der Waals surface area contributed by atoms with Crippen LogP contribution in [0.15, 0.2) is 12.4 Å². The van der Waals surface area contributed by atoms with E-state index in [2.05, 4.69) is 14.7 Å². The van der Waals surface area contributed by atoms with Gasteiger partial charge < -0.3 is 14.7 Å². The van der Waals surface area contributed by atoms with Gasteiger partial charge in [0, 0.05) is 19.5 Å². The van der Waals surface area contributed by atoms with E-state index in [0.717, 1.165) is 19.5 Å². The topological polar surface area (TPSA) is 92.6 Å². The fourth-order valence-corrected chi connectivity index (χ4v) is 2.31. The number of esters is 1. The minimum Gasteiger partial charge on any atom is -0.481 e. The predicted octanol–water partition coefficient (Wildman–Crippen LogP) is 0.954. The van der Waals surface area contributed by atoms with Gasteiger partial charge in [0.2, 0.25) is 0 Å². The van der Waals surface area contributed by atoms with Crippen LogP contribution in [-0.2, 0) is 9.53 Å². The zero-order valence-corrected chi connectivity index (χ0v) is 11.3. The summed E-state index contributed by atoms with van der Waals surface area (Å²) >= 11 is 0. The molecule has 7 heteroatoms. The third-order valence-corrected chi connectivity index (χ3v) is 3.39. The average Bonchev–Trinajstić information content (AvgIpc) is 2.93. The smallest absolute Gasteiger partial charge is 0.358 e. The van der Waals surface area contributed by atoms with E-state index in [1.54, 1.807) is 6.20 Å². The van der Waals surface area contributed by atoms with Crippen molar-refractivity contribution < 1.29 is 19.4 Å². The number of hydrogen-bond acceptors (Lipinski definition) is 6. The Bertz CT molecular complexity index is 506. The van der Waals surface area contributed by atoms with Gasteiger partial charge in [-0.2, -0.15) is 0 Å². The van der Waals surface area contributed by atoms with E-state index in [1.807, 2.05) is 4.90 Å². The van der Waals surface area contributed by atoms with Crippen molar-refractivity contribution in [3.63, 3.8) is 0 Å². The van der Waals surface area contributed by atoms with Crippen LogP contribution in [0.5, 0.6) is 0 Å². The Balaban J connectivity index is 1.99. The molecule has 2 heterocycles. The first-order chi connectivity index (χ1) is 9.60. The Morgan fingerprint density at radius 3 is 3.00 bits per heavy atom. The van der Waals surface area contributed by atoms with Gasteiger partial charge >= 0.3 is 11.9 Å². The van der Waals surface area contributed by atoms with Crippen LogP contribution in [0.25, 0.3) is 0 Å². The fourth-order valence-electron chi connectivity index (χ4n) is 2.31. The number of rotatable bonds is 5. The van der Waals surface area contributed by atoms with Crippen LogP contribution < -0.4 is 4.90 Å². The van der Waals surface area contributed by atoms with E-state index in [4.69, 9.17) is 5.11 Å². The molecule has 0 amide bonds. The summed E-state index contributed by atoms with van der Waals surface area (Å²) in [5.41, 5.74) is 0.180. The number of carbonyl (C=O) groups excluding carboxylic acids is 1. The van der Waals surface area contributed by atoms with Gasteiger partial charge in [-0.25, -0.2) is 9.78 Å². The number of nitrogens with zero attached hydrogens (tertiary/aromatic N) is 3. The molecule has 1 N–H and O–H groups in total. The summed E-state index contributed by atoms with van der Waals surface area (Å²) in [7, 11) is 1.30. The molecular weight excluding hydrogens is 262 g/mol. The minimum atomic E-state index is -0.768. The maximum atomic E-state index is 11.4. The van der Waals surface area contributed by atoms with Crippen LogP contribution in [0.4, 0.5) is 5.82 Å². The lowest BCUT2D eigenvalue weighted by Gasteiger charge is -2.17. The molecule has 1 atom stereocenters. The van der Waals surface area contributed by atoms with Gasteiger partial charge in [0.05, 0.1) is 19.5 Å². The van der Waals surface area contributed by atoms with E-state index in [9.17, 15) is 9.59 Å². The summed E-state index contributed by atoms with van der Waals surface area (Å²) in [4.78, 5) is 32.2. The zero-order chi connectivity index (χ0) is 14.5. The maximum absolute atomic E-state index is 11.4. The molecule has 0 aliphatic carbocycles. The van der Waals surface area contributed by atoms with Crippen molar-refractivity contribution in [2.75, 3.05) is 25.1 Å². The van der Waals surface area contributed by atoms with Crippen LogP contribution in [-0.4, -0.2) is 47.2 Å². The summed E-state index contributed by atoms with van der Waals surface area (Å²) in [6.45, 7) is 1.54. The molecule has 1 aromatic rings. The lowest BCUT2D eigenvalue weighted by Crippen LogP contribution is -2.22. The van der Waals surface area contributed by atoms with Crippen molar-refractivity contribution in [3.05, 3.63) is 18.1 Å². The van der Waals surface area contributed by atoms with Crippen molar-refractivity contribution in [3.8, 4) is 0 Å². The second kappa shape index (κ2) is 6.31. The fraction of sp³-hybridized carbons (Fsp3) is 0.538. The molecule has 0 aromatic carbocycles. The molecule has 0 bridgehead atoms. The number of anilines is 1. The Kier molecular flexibility index (Phi) is 4.49. The van der Waals surface area contributed by atoms with E-state index in [-0.39, 0.29) is 12.1 Å². The standard InChI is InChI=1S/C13H17N3O4/c1-20-13(19)10-6-14-7-11(15-10)16-5-4-9(8-16)2-3-12(17)18/h6-7,9H,2-5,8H2,1H3,(H,17,18). The normalized spacial score (nSPS) is 18.1. The molecule has 1 aliphatic rings. The number of aliphatic carboxylic acids is 1. The predicted molar refractivity (Wildman–Crippen MR) is 70.6 cm³/mol. The van der Waals surface area contributed by atoms with Gasteiger partial charge in [-0.3, -0.25) is 9.78 Å². The largest absolute Gasteiger partial charge is 0.481 e. The summed E-state index contributed by atoms with van der Waals surface area (Å²) < 4.78 is 4.61. The van der Waals surface area contributed by atoms with E-state index < -0.39 is 11.9 Å². The Morgan fingerprint density at radius 2 is 2.30 bits per heavy atom. The average molecular weight is 279 g/mol. The lowest BCUT2D eigenvalue weighted by molar-refractivity contribution is -0.137. The van der Waals surface area contributed by atoms with Crippen LogP contribution in [0.3, 0.4) is 0 Å². The van der Waals surface area contributed by atoms with Crippen LogP contribution in [0, 0.1) is 5.92 Å². The van der Waals surface area contributed by atoms with E-state index in [1.165, 1.54) is 13.3 Å².